The molecule has 1 aromatic rings. The molecule has 5 heteroatoms. The normalized spacial score (nSPS) is 23.0. The summed E-state index contributed by atoms with van der Waals surface area (Å²) in [5.41, 5.74) is 0.922. The van der Waals surface area contributed by atoms with E-state index < -0.39 is 0 Å². The Kier molecular flexibility index (Phi) is 5.31. The van der Waals surface area contributed by atoms with Gasteiger partial charge in [-0.2, -0.15) is 0 Å². The minimum Gasteiger partial charge on any atom is -0.379 e. The van der Waals surface area contributed by atoms with Crippen LogP contribution in [-0.2, 0) is 9.53 Å². The SMILES string of the molecule is CCNC1COCC1C(=O)N(C)C(C)c1ccc(F)cc1. The standard InChI is InChI=1S/C16H23FN2O2/c1-4-18-15-10-21-9-14(15)16(20)19(3)11(2)12-5-7-13(17)8-6-12/h5-8,11,14-15,18H,4,9-10H2,1-3H3. The number of likely N-dealkylation sites (N-methyl/N-ethyl adjacent to an activating group) is 1. The van der Waals surface area contributed by atoms with Gasteiger partial charge in [-0.15, -0.1) is 0 Å². The van der Waals surface area contributed by atoms with E-state index in [-0.39, 0.29) is 29.7 Å². The van der Waals surface area contributed by atoms with E-state index in [0.717, 1.165) is 12.1 Å². The fraction of sp³-hybridized carbons (Fsp3) is 0.562. The molecule has 1 aliphatic rings. The zero-order valence-corrected chi connectivity index (χ0v) is 12.8. The maximum absolute atomic E-state index is 13.0. The summed E-state index contributed by atoms with van der Waals surface area (Å²) < 4.78 is 18.4. The van der Waals surface area contributed by atoms with Crippen molar-refractivity contribution in [3.8, 4) is 0 Å². The van der Waals surface area contributed by atoms with E-state index in [2.05, 4.69) is 5.32 Å². The van der Waals surface area contributed by atoms with Crippen LogP contribution in [0.3, 0.4) is 0 Å². The summed E-state index contributed by atoms with van der Waals surface area (Å²) in [7, 11) is 1.79. The van der Waals surface area contributed by atoms with Crippen LogP contribution in [0.5, 0.6) is 0 Å². The van der Waals surface area contributed by atoms with Gasteiger partial charge in [0.2, 0.25) is 5.91 Å². The Balaban J connectivity index is 2.06. The van der Waals surface area contributed by atoms with Crippen molar-refractivity contribution in [1.82, 2.24) is 10.2 Å². The quantitative estimate of drug-likeness (QED) is 0.903. The van der Waals surface area contributed by atoms with Crippen molar-refractivity contribution in [2.45, 2.75) is 25.9 Å². The summed E-state index contributed by atoms with van der Waals surface area (Å²) in [5.74, 6) is -0.357. The number of rotatable bonds is 5. The molecule has 0 saturated carbocycles. The number of hydrogen-bond acceptors (Lipinski definition) is 3. The molecule has 1 N–H and O–H groups in total. The van der Waals surface area contributed by atoms with Crippen LogP contribution in [0.25, 0.3) is 0 Å². The monoisotopic (exact) mass is 294 g/mol. The summed E-state index contributed by atoms with van der Waals surface area (Å²) >= 11 is 0. The van der Waals surface area contributed by atoms with Crippen LogP contribution < -0.4 is 5.32 Å². The van der Waals surface area contributed by atoms with Gasteiger partial charge in [0.05, 0.1) is 25.2 Å². The average Bonchev–Trinajstić information content (AvgIpc) is 2.94. The van der Waals surface area contributed by atoms with Crippen molar-refractivity contribution in [3.63, 3.8) is 0 Å². The smallest absolute Gasteiger partial charge is 0.229 e. The first-order valence-electron chi connectivity index (χ1n) is 7.37. The molecule has 21 heavy (non-hydrogen) atoms. The van der Waals surface area contributed by atoms with Crippen LogP contribution in [0, 0.1) is 11.7 Å². The molecular formula is C16H23FN2O2. The summed E-state index contributed by atoms with van der Waals surface area (Å²) in [6, 6.07) is 6.26. The van der Waals surface area contributed by atoms with Gasteiger partial charge in [0, 0.05) is 13.1 Å². The second kappa shape index (κ2) is 7.00. The summed E-state index contributed by atoms with van der Waals surface area (Å²) in [5, 5.41) is 3.29. The molecule has 1 amide bonds. The Hall–Kier alpha value is -1.46. The van der Waals surface area contributed by atoms with Crippen LogP contribution in [-0.4, -0.2) is 43.7 Å². The fourth-order valence-electron chi connectivity index (χ4n) is 2.68. The Morgan fingerprint density at radius 2 is 2.10 bits per heavy atom. The highest BCUT2D eigenvalue weighted by atomic mass is 19.1. The van der Waals surface area contributed by atoms with E-state index in [9.17, 15) is 9.18 Å². The third-order valence-corrected chi connectivity index (χ3v) is 4.15. The molecule has 3 unspecified atom stereocenters. The average molecular weight is 294 g/mol. The lowest BCUT2D eigenvalue weighted by Gasteiger charge is -2.29. The molecule has 0 bridgehead atoms. The third-order valence-electron chi connectivity index (χ3n) is 4.15. The molecule has 1 fully saturated rings. The van der Waals surface area contributed by atoms with E-state index in [1.54, 1.807) is 24.1 Å². The number of amides is 1. The van der Waals surface area contributed by atoms with Crippen molar-refractivity contribution < 1.29 is 13.9 Å². The van der Waals surface area contributed by atoms with Gasteiger partial charge in [-0.05, 0) is 31.2 Å². The maximum atomic E-state index is 13.0. The van der Waals surface area contributed by atoms with E-state index in [0.29, 0.717) is 13.2 Å². The zero-order chi connectivity index (χ0) is 15.4. The van der Waals surface area contributed by atoms with Crippen molar-refractivity contribution in [1.29, 1.82) is 0 Å². The third kappa shape index (κ3) is 3.60. The highest BCUT2D eigenvalue weighted by Gasteiger charge is 2.36. The Morgan fingerprint density at radius 3 is 2.71 bits per heavy atom. The van der Waals surface area contributed by atoms with Crippen LogP contribution in [0.4, 0.5) is 4.39 Å². The van der Waals surface area contributed by atoms with Crippen molar-refractivity contribution in [3.05, 3.63) is 35.6 Å². The van der Waals surface area contributed by atoms with Crippen LogP contribution in [0.2, 0.25) is 0 Å². The fourth-order valence-corrected chi connectivity index (χ4v) is 2.68. The predicted molar refractivity (Wildman–Crippen MR) is 79.4 cm³/mol. The maximum Gasteiger partial charge on any atom is 0.229 e. The lowest BCUT2D eigenvalue weighted by molar-refractivity contribution is -0.136. The molecule has 2 rings (SSSR count). The summed E-state index contributed by atoms with van der Waals surface area (Å²) in [6.07, 6.45) is 0. The molecule has 0 aliphatic carbocycles. The molecule has 1 aliphatic heterocycles. The van der Waals surface area contributed by atoms with E-state index in [4.69, 9.17) is 4.74 Å². The predicted octanol–water partition coefficient (Wildman–Crippen LogP) is 1.97. The molecule has 4 nitrogen and oxygen atoms in total. The minimum absolute atomic E-state index is 0.0651. The molecule has 1 heterocycles. The van der Waals surface area contributed by atoms with Crippen LogP contribution >= 0.6 is 0 Å². The van der Waals surface area contributed by atoms with Crippen molar-refractivity contribution in [2.24, 2.45) is 5.92 Å². The van der Waals surface area contributed by atoms with Crippen molar-refractivity contribution >= 4 is 5.91 Å². The van der Waals surface area contributed by atoms with Crippen molar-refractivity contribution in [2.75, 3.05) is 26.8 Å². The highest BCUT2D eigenvalue weighted by Crippen LogP contribution is 2.24. The molecule has 0 aromatic heterocycles. The summed E-state index contributed by atoms with van der Waals surface area (Å²) in [4.78, 5) is 14.4. The van der Waals surface area contributed by atoms with Gasteiger partial charge in [-0.3, -0.25) is 4.79 Å². The second-order valence-corrected chi connectivity index (χ2v) is 5.48. The first-order chi connectivity index (χ1) is 10.0. The van der Waals surface area contributed by atoms with Gasteiger partial charge in [0.1, 0.15) is 5.82 Å². The zero-order valence-electron chi connectivity index (χ0n) is 12.8. The minimum atomic E-state index is -0.267. The molecule has 116 valence electrons. The molecule has 0 spiro atoms. The molecular weight excluding hydrogens is 271 g/mol. The van der Waals surface area contributed by atoms with Gasteiger partial charge >= 0.3 is 0 Å². The van der Waals surface area contributed by atoms with E-state index in [1.165, 1.54) is 12.1 Å². The number of carbonyl (C=O) groups excluding carboxylic acids is 1. The first-order valence-corrected chi connectivity index (χ1v) is 7.37. The van der Waals surface area contributed by atoms with Crippen LogP contribution in [0.15, 0.2) is 24.3 Å². The number of benzene rings is 1. The lowest BCUT2D eigenvalue weighted by atomic mass is 9.99. The number of ether oxygens (including phenoxy) is 1. The van der Waals surface area contributed by atoms with Gasteiger partial charge < -0.3 is 15.0 Å². The lowest BCUT2D eigenvalue weighted by Crippen LogP contribution is -2.45. The van der Waals surface area contributed by atoms with Gasteiger partial charge in [0.15, 0.2) is 0 Å². The van der Waals surface area contributed by atoms with E-state index >= 15 is 0 Å². The first kappa shape index (κ1) is 15.9. The molecule has 1 saturated heterocycles. The van der Waals surface area contributed by atoms with Gasteiger partial charge in [0.25, 0.3) is 0 Å². The number of halogens is 1. The van der Waals surface area contributed by atoms with Crippen LogP contribution in [0.1, 0.15) is 25.5 Å². The number of carbonyl (C=O) groups is 1. The molecule has 3 atom stereocenters. The Morgan fingerprint density at radius 1 is 1.43 bits per heavy atom. The summed E-state index contributed by atoms with van der Waals surface area (Å²) in [6.45, 7) is 5.81. The van der Waals surface area contributed by atoms with E-state index in [1.807, 2.05) is 13.8 Å². The number of nitrogens with zero attached hydrogens (tertiary/aromatic N) is 1. The Bertz CT molecular complexity index is 478. The molecule has 1 aromatic carbocycles. The van der Waals surface area contributed by atoms with Gasteiger partial charge in [-0.25, -0.2) is 4.39 Å². The molecule has 0 radical (unpaired) electrons. The number of hydrogen-bond donors (Lipinski definition) is 1. The van der Waals surface area contributed by atoms with Gasteiger partial charge in [-0.1, -0.05) is 19.1 Å². The number of nitrogens with one attached hydrogen (secondary N) is 1. The Labute approximate surface area is 125 Å². The second-order valence-electron chi connectivity index (χ2n) is 5.48. The highest BCUT2D eigenvalue weighted by molar-refractivity contribution is 5.80. The largest absolute Gasteiger partial charge is 0.379 e. The topological polar surface area (TPSA) is 41.6 Å².